The third-order valence-corrected chi connectivity index (χ3v) is 6.09. The summed E-state index contributed by atoms with van der Waals surface area (Å²) in [6, 6.07) is 9.83. The molecule has 0 spiro atoms. The van der Waals surface area contributed by atoms with Gasteiger partial charge in [-0.25, -0.2) is 8.42 Å². The van der Waals surface area contributed by atoms with Crippen LogP contribution in [0.5, 0.6) is 0 Å². The molecule has 120 valence electrons. The highest BCUT2D eigenvalue weighted by atomic mass is 32.2. The van der Waals surface area contributed by atoms with Crippen molar-refractivity contribution in [1.82, 2.24) is 4.90 Å². The maximum atomic E-state index is 12.6. The van der Waals surface area contributed by atoms with E-state index in [4.69, 9.17) is 4.74 Å². The van der Waals surface area contributed by atoms with Gasteiger partial charge in [-0.1, -0.05) is 30.3 Å². The molecule has 2 aliphatic rings. The van der Waals surface area contributed by atoms with E-state index in [0.29, 0.717) is 19.5 Å². The fraction of sp³-hybridized carbons (Fsp3) is 0.562. The van der Waals surface area contributed by atoms with Crippen LogP contribution >= 0.6 is 0 Å². The monoisotopic (exact) mass is 323 g/mol. The van der Waals surface area contributed by atoms with Gasteiger partial charge in [-0.2, -0.15) is 0 Å². The average molecular weight is 323 g/mol. The SMILES string of the molecule is C[C@@H]1CN(C(=O)[C@@H]2CCS(=O)(=O)C2)C[C@H](c2ccccc2)O1. The lowest BCUT2D eigenvalue weighted by Gasteiger charge is -2.38. The second-order valence-electron chi connectivity index (χ2n) is 6.19. The van der Waals surface area contributed by atoms with E-state index < -0.39 is 9.84 Å². The summed E-state index contributed by atoms with van der Waals surface area (Å²) in [6.45, 7) is 2.96. The van der Waals surface area contributed by atoms with Crippen LogP contribution in [0.25, 0.3) is 0 Å². The molecule has 3 atom stereocenters. The van der Waals surface area contributed by atoms with Crippen LogP contribution in [0.4, 0.5) is 0 Å². The smallest absolute Gasteiger partial charge is 0.226 e. The molecule has 1 aromatic rings. The van der Waals surface area contributed by atoms with Gasteiger partial charge < -0.3 is 9.64 Å². The molecule has 2 aliphatic heterocycles. The summed E-state index contributed by atoms with van der Waals surface area (Å²) in [5, 5.41) is 0. The fourth-order valence-electron chi connectivity index (χ4n) is 3.23. The third-order valence-electron chi connectivity index (χ3n) is 4.32. The summed E-state index contributed by atoms with van der Waals surface area (Å²) in [6.07, 6.45) is 0.246. The molecule has 0 aliphatic carbocycles. The zero-order chi connectivity index (χ0) is 15.7. The van der Waals surface area contributed by atoms with Crippen molar-refractivity contribution in [2.45, 2.75) is 25.6 Å². The standard InChI is InChI=1S/C16H21NO4S/c1-12-9-17(16(18)14-7-8-22(19,20)11-14)10-15(21-12)13-5-3-2-4-6-13/h2-6,12,14-15H,7-11H2,1H3/t12-,14-,15-/m1/s1. The Morgan fingerprint density at radius 1 is 1.23 bits per heavy atom. The van der Waals surface area contributed by atoms with Crippen LogP contribution in [0, 0.1) is 5.92 Å². The molecule has 0 radical (unpaired) electrons. The molecule has 0 saturated carbocycles. The highest BCUT2D eigenvalue weighted by Crippen LogP contribution is 2.28. The molecule has 3 rings (SSSR count). The first-order valence-electron chi connectivity index (χ1n) is 7.64. The van der Waals surface area contributed by atoms with Crippen molar-refractivity contribution < 1.29 is 17.9 Å². The Kier molecular flexibility index (Phi) is 4.23. The van der Waals surface area contributed by atoms with Crippen molar-refractivity contribution in [2.75, 3.05) is 24.6 Å². The minimum atomic E-state index is -3.04. The Hall–Kier alpha value is -1.40. The van der Waals surface area contributed by atoms with E-state index in [9.17, 15) is 13.2 Å². The molecule has 2 fully saturated rings. The molecule has 2 heterocycles. The van der Waals surface area contributed by atoms with Crippen molar-refractivity contribution >= 4 is 15.7 Å². The molecule has 6 heteroatoms. The van der Waals surface area contributed by atoms with Crippen molar-refractivity contribution in [2.24, 2.45) is 5.92 Å². The predicted molar refractivity (Wildman–Crippen MR) is 83.1 cm³/mol. The Morgan fingerprint density at radius 3 is 2.59 bits per heavy atom. The summed E-state index contributed by atoms with van der Waals surface area (Å²) >= 11 is 0. The van der Waals surface area contributed by atoms with Gasteiger partial charge in [0.25, 0.3) is 0 Å². The summed E-state index contributed by atoms with van der Waals surface area (Å²) < 4.78 is 29.1. The maximum absolute atomic E-state index is 12.6. The molecular formula is C16H21NO4S. The van der Waals surface area contributed by atoms with Gasteiger partial charge in [0.05, 0.1) is 30.1 Å². The maximum Gasteiger partial charge on any atom is 0.226 e. The molecule has 2 saturated heterocycles. The molecule has 0 N–H and O–H groups in total. The first kappa shape index (κ1) is 15.5. The largest absolute Gasteiger partial charge is 0.367 e. The van der Waals surface area contributed by atoms with Crippen LogP contribution < -0.4 is 0 Å². The summed E-state index contributed by atoms with van der Waals surface area (Å²) in [7, 11) is -3.04. The summed E-state index contributed by atoms with van der Waals surface area (Å²) in [4.78, 5) is 14.4. The number of carbonyl (C=O) groups excluding carboxylic acids is 1. The number of sulfone groups is 1. The third kappa shape index (κ3) is 3.33. The van der Waals surface area contributed by atoms with E-state index in [1.807, 2.05) is 37.3 Å². The van der Waals surface area contributed by atoms with Crippen molar-refractivity contribution in [3.05, 3.63) is 35.9 Å². The van der Waals surface area contributed by atoms with E-state index in [0.717, 1.165) is 5.56 Å². The van der Waals surface area contributed by atoms with Gasteiger partial charge in [-0.15, -0.1) is 0 Å². The minimum Gasteiger partial charge on any atom is -0.367 e. The van der Waals surface area contributed by atoms with Gasteiger partial charge in [0.15, 0.2) is 9.84 Å². The Morgan fingerprint density at radius 2 is 1.95 bits per heavy atom. The molecule has 22 heavy (non-hydrogen) atoms. The first-order chi connectivity index (χ1) is 10.4. The van der Waals surface area contributed by atoms with Crippen molar-refractivity contribution in [1.29, 1.82) is 0 Å². The van der Waals surface area contributed by atoms with Gasteiger partial charge in [0, 0.05) is 6.54 Å². The molecule has 0 bridgehead atoms. The van der Waals surface area contributed by atoms with Gasteiger partial charge in [0.2, 0.25) is 5.91 Å². The van der Waals surface area contributed by atoms with Gasteiger partial charge in [0.1, 0.15) is 6.10 Å². The number of benzene rings is 1. The number of hydrogen-bond acceptors (Lipinski definition) is 4. The van der Waals surface area contributed by atoms with E-state index in [1.165, 1.54) is 0 Å². The Balaban J connectivity index is 1.72. The van der Waals surface area contributed by atoms with Crippen molar-refractivity contribution in [3.8, 4) is 0 Å². The summed E-state index contributed by atoms with van der Waals surface area (Å²) in [5.41, 5.74) is 1.05. The highest BCUT2D eigenvalue weighted by molar-refractivity contribution is 7.91. The topological polar surface area (TPSA) is 63.7 Å². The van der Waals surface area contributed by atoms with Crippen molar-refractivity contribution in [3.63, 3.8) is 0 Å². The Bertz CT molecular complexity index is 643. The lowest BCUT2D eigenvalue weighted by Crippen LogP contribution is -2.48. The van der Waals surface area contributed by atoms with Crippen LogP contribution in [0.2, 0.25) is 0 Å². The number of rotatable bonds is 2. The quantitative estimate of drug-likeness (QED) is 0.825. The minimum absolute atomic E-state index is 0.00637. The second kappa shape index (κ2) is 6.01. The summed E-state index contributed by atoms with van der Waals surface area (Å²) in [5.74, 6) is -0.303. The zero-order valence-corrected chi connectivity index (χ0v) is 13.5. The number of morpholine rings is 1. The normalized spacial score (nSPS) is 31.1. The van der Waals surface area contributed by atoms with E-state index in [1.54, 1.807) is 4.90 Å². The van der Waals surface area contributed by atoms with Gasteiger partial charge in [-0.05, 0) is 18.9 Å². The lowest BCUT2D eigenvalue weighted by atomic mass is 10.0. The van der Waals surface area contributed by atoms with Gasteiger partial charge in [-0.3, -0.25) is 4.79 Å². The number of amides is 1. The van der Waals surface area contributed by atoms with E-state index in [-0.39, 0.29) is 35.5 Å². The zero-order valence-electron chi connectivity index (χ0n) is 12.6. The molecule has 5 nitrogen and oxygen atoms in total. The van der Waals surface area contributed by atoms with Crippen LogP contribution in [0.15, 0.2) is 30.3 Å². The fourth-order valence-corrected chi connectivity index (χ4v) is 4.96. The Labute approximate surface area is 131 Å². The lowest BCUT2D eigenvalue weighted by molar-refractivity contribution is -0.148. The number of carbonyl (C=O) groups is 1. The highest BCUT2D eigenvalue weighted by Gasteiger charge is 2.38. The van der Waals surface area contributed by atoms with Crippen LogP contribution in [-0.4, -0.2) is 49.9 Å². The number of hydrogen-bond donors (Lipinski definition) is 0. The molecule has 0 unspecified atom stereocenters. The molecular weight excluding hydrogens is 302 g/mol. The molecule has 1 aromatic carbocycles. The van der Waals surface area contributed by atoms with Gasteiger partial charge >= 0.3 is 0 Å². The van der Waals surface area contributed by atoms with E-state index >= 15 is 0 Å². The number of nitrogens with zero attached hydrogens (tertiary/aromatic N) is 1. The average Bonchev–Trinajstić information content (AvgIpc) is 2.87. The molecule has 1 amide bonds. The molecule has 0 aromatic heterocycles. The second-order valence-corrected chi connectivity index (χ2v) is 8.42. The van der Waals surface area contributed by atoms with Crippen LogP contribution in [0.3, 0.4) is 0 Å². The predicted octanol–water partition coefficient (Wildman–Crippen LogP) is 1.41. The van der Waals surface area contributed by atoms with Crippen LogP contribution in [0.1, 0.15) is 25.0 Å². The van der Waals surface area contributed by atoms with Crippen LogP contribution in [-0.2, 0) is 19.4 Å². The first-order valence-corrected chi connectivity index (χ1v) is 9.46. The number of ether oxygens (including phenoxy) is 1. The van der Waals surface area contributed by atoms with E-state index in [2.05, 4.69) is 0 Å².